The van der Waals surface area contributed by atoms with E-state index in [4.69, 9.17) is 5.11 Å². The molecule has 0 aliphatic carbocycles. The molecule has 2 aromatic heterocycles. The van der Waals surface area contributed by atoms with Crippen LogP contribution < -0.4 is 10.2 Å². The average Bonchev–Trinajstić information content (AvgIpc) is 3.22. The minimum absolute atomic E-state index is 0.102. The smallest absolute Gasteiger partial charge is 0.273 e. The zero-order valence-corrected chi connectivity index (χ0v) is 15.0. The molecule has 3 heterocycles. The number of piperidine rings is 1. The van der Waals surface area contributed by atoms with Crippen LogP contribution in [0.1, 0.15) is 29.4 Å². The Morgan fingerprint density at radius 1 is 1.30 bits per heavy atom. The van der Waals surface area contributed by atoms with Gasteiger partial charge in [-0.05, 0) is 24.3 Å². The lowest BCUT2D eigenvalue weighted by atomic mass is 10.0. The summed E-state index contributed by atoms with van der Waals surface area (Å²) in [6, 6.07) is 10.4. The highest BCUT2D eigenvalue weighted by molar-refractivity contribution is 5.92. The number of fused-ring (bicyclic) bond motifs is 1. The highest BCUT2D eigenvalue weighted by Crippen LogP contribution is 2.29. The van der Waals surface area contributed by atoms with E-state index in [1.165, 1.54) is 5.39 Å². The molecule has 1 amide bonds. The van der Waals surface area contributed by atoms with Crippen LogP contribution in [0, 0.1) is 0 Å². The molecule has 1 atom stereocenters. The monoisotopic (exact) mass is 366 g/mol. The summed E-state index contributed by atoms with van der Waals surface area (Å²) in [5.74, 6) is 0.664. The first-order valence-corrected chi connectivity index (χ1v) is 9.16. The molecule has 8 nitrogen and oxygen atoms in total. The van der Waals surface area contributed by atoms with Crippen LogP contribution in [0.4, 0.5) is 5.82 Å². The molecule has 1 aliphatic rings. The predicted octanol–water partition coefficient (Wildman–Crippen LogP) is 1.39. The van der Waals surface area contributed by atoms with E-state index in [9.17, 15) is 4.79 Å². The van der Waals surface area contributed by atoms with Gasteiger partial charge < -0.3 is 15.3 Å². The maximum atomic E-state index is 12.0. The quantitative estimate of drug-likeness (QED) is 0.708. The van der Waals surface area contributed by atoms with E-state index in [1.807, 2.05) is 24.4 Å². The van der Waals surface area contributed by atoms with Crippen molar-refractivity contribution in [2.75, 3.05) is 31.1 Å². The zero-order valence-electron chi connectivity index (χ0n) is 15.0. The second-order valence-corrected chi connectivity index (χ2v) is 6.66. The third-order valence-electron chi connectivity index (χ3n) is 4.86. The summed E-state index contributed by atoms with van der Waals surface area (Å²) in [4.78, 5) is 18.9. The molecule has 0 radical (unpaired) electrons. The maximum absolute atomic E-state index is 12.0. The van der Waals surface area contributed by atoms with Crippen LogP contribution in [-0.2, 0) is 0 Å². The molecule has 8 heteroatoms. The molecule has 0 unspecified atom stereocenters. The van der Waals surface area contributed by atoms with Crippen LogP contribution in [-0.4, -0.2) is 57.2 Å². The zero-order chi connectivity index (χ0) is 18.6. The minimum Gasteiger partial charge on any atom is -0.395 e. The van der Waals surface area contributed by atoms with Gasteiger partial charge in [0.05, 0.1) is 18.8 Å². The summed E-state index contributed by atoms with van der Waals surface area (Å²) in [7, 11) is 0. The molecule has 1 aliphatic heterocycles. The number of nitrogens with one attached hydrogen (secondary N) is 1. The second-order valence-electron chi connectivity index (χ2n) is 6.66. The van der Waals surface area contributed by atoms with Crippen LogP contribution in [0.25, 0.3) is 10.8 Å². The van der Waals surface area contributed by atoms with E-state index < -0.39 is 0 Å². The van der Waals surface area contributed by atoms with Crippen molar-refractivity contribution in [3.8, 4) is 0 Å². The summed E-state index contributed by atoms with van der Waals surface area (Å²) in [5.41, 5.74) is 0.267. The second kappa shape index (κ2) is 7.71. The highest BCUT2D eigenvalue weighted by atomic mass is 16.3. The average molecular weight is 366 g/mol. The van der Waals surface area contributed by atoms with E-state index in [2.05, 4.69) is 37.6 Å². The Labute approximate surface area is 156 Å². The van der Waals surface area contributed by atoms with Crippen molar-refractivity contribution in [2.45, 2.75) is 18.9 Å². The first-order chi connectivity index (χ1) is 13.3. The van der Waals surface area contributed by atoms with Crippen LogP contribution in [0.2, 0.25) is 0 Å². The molecule has 1 aromatic carbocycles. The van der Waals surface area contributed by atoms with Gasteiger partial charge in [0.1, 0.15) is 5.82 Å². The van der Waals surface area contributed by atoms with Gasteiger partial charge in [0, 0.05) is 31.2 Å². The lowest BCUT2D eigenvalue weighted by molar-refractivity contribution is 0.0939. The van der Waals surface area contributed by atoms with Crippen LogP contribution in [0.5, 0.6) is 0 Å². The molecule has 0 spiro atoms. The van der Waals surface area contributed by atoms with Crippen molar-refractivity contribution in [1.82, 2.24) is 25.3 Å². The van der Waals surface area contributed by atoms with E-state index in [0.717, 1.165) is 37.1 Å². The number of carbonyl (C=O) groups excluding carboxylic acids is 1. The van der Waals surface area contributed by atoms with Crippen LogP contribution in [0.3, 0.4) is 0 Å². The third kappa shape index (κ3) is 3.61. The van der Waals surface area contributed by atoms with E-state index in [0.29, 0.717) is 0 Å². The van der Waals surface area contributed by atoms with Gasteiger partial charge in [0.25, 0.3) is 5.91 Å². The van der Waals surface area contributed by atoms with Gasteiger partial charge in [-0.2, -0.15) is 0 Å². The van der Waals surface area contributed by atoms with Crippen LogP contribution >= 0.6 is 0 Å². The Bertz CT molecular complexity index is 935. The fourth-order valence-corrected chi connectivity index (χ4v) is 3.54. The lowest BCUT2D eigenvalue weighted by Crippen LogP contribution is -2.37. The number of hydrogen-bond acceptors (Lipinski definition) is 6. The molecule has 0 bridgehead atoms. The van der Waals surface area contributed by atoms with Crippen molar-refractivity contribution in [1.29, 1.82) is 0 Å². The number of pyridine rings is 1. The summed E-state index contributed by atoms with van der Waals surface area (Å²) >= 11 is 0. The van der Waals surface area contributed by atoms with Gasteiger partial charge in [-0.1, -0.05) is 29.5 Å². The van der Waals surface area contributed by atoms with Gasteiger partial charge in [0.2, 0.25) is 0 Å². The standard InChI is InChI=1S/C19H22N6O2/c26-11-9-21-19(27)17-13-25(23-22-17)15-5-3-10-24(12-15)18-16-6-2-1-4-14(16)7-8-20-18/h1-2,4,6-8,13,15,26H,3,5,9-12H2,(H,21,27)/t15-/m1/s1. The fraction of sp³-hybridized carbons (Fsp3) is 0.368. The Hall–Kier alpha value is -3.00. The highest BCUT2D eigenvalue weighted by Gasteiger charge is 2.25. The normalized spacial score (nSPS) is 17.2. The van der Waals surface area contributed by atoms with Gasteiger partial charge in [-0.25, -0.2) is 9.67 Å². The number of aliphatic hydroxyl groups is 1. The largest absolute Gasteiger partial charge is 0.395 e. The maximum Gasteiger partial charge on any atom is 0.273 e. The number of nitrogens with zero attached hydrogens (tertiary/aromatic N) is 5. The Kier molecular flexibility index (Phi) is 4.97. The summed E-state index contributed by atoms with van der Waals surface area (Å²) in [6.45, 7) is 1.81. The van der Waals surface area contributed by atoms with Crippen molar-refractivity contribution in [2.24, 2.45) is 0 Å². The number of carbonyl (C=O) groups is 1. The van der Waals surface area contributed by atoms with Crippen molar-refractivity contribution in [3.63, 3.8) is 0 Å². The van der Waals surface area contributed by atoms with Gasteiger partial charge in [-0.15, -0.1) is 5.10 Å². The summed E-state index contributed by atoms with van der Waals surface area (Å²) in [5, 5.41) is 21.9. The molecule has 2 N–H and O–H groups in total. The minimum atomic E-state index is -0.321. The predicted molar refractivity (Wildman–Crippen MR) is 102 cm³/mol. The SMILES string of the molecule is O=C(NCCO)c1cn([C@@H]2CCCN(c3nccc4ccccc34)C2)nn1. The van der Waals surface area contributed by atoms with E-state index in [-0.39, 0.29) is 30.8 Å². The van der Waals surface area contributed by atoms with E-state index in [1.54, 1.807) is 10.9 Å². The Balaban J connectivity index is 1.53. The van der Waals surface area contributed by atoms with Crippen molar-refractivity contribution < 1.29 is 9.90 Å². The third-order valence-corrected chi connectivity index (χ3v) is 4.86. The van der Waals surface area contributed by atoms with Crippen molar-refractivity contribution >= 4 is 22.5 Å². The van der Waals surface area contributed by atoms with Gasteiger partial charge >= 0.3 is 0 Å². The number of benzene rings is 1. The van der Waals surface area contributed by atoms with Crippen molar-refractivity contribution in [3.05, 3.63) is 48.4 Å². The van der Waals surface area contributed by atoms with E-state index >= 15 is 0 Å². The first-order valence-electron chi connectivity index (χ1n) is 9.16. The molecule has 0 saturated carbocycles. The molecule has 4 rings (SSSR count). The number of amides is 1. The number of hydrogen-bond donors (Lipinski definition) is 2. The topological polar surface area (TPSA) is 96.2 Å². The molecule has 1 fully saturated rings. The summed E-state index contributed by atoms with van der Waals surface area (Å²) < 4.78 is 1.77. The number of rotatable bonds is 5. The molecular formula is C19H22N6O2. The van der Waals surface area contributed by atoms with Gasteiger partial charge in [0.15, 0.2) is 5.69 Å². The number of aliphatic hydroxyl groups excluding tert-OH is 1. The first kappa shape index (κ1) is 17.4. The lowest BCUT2D eigenvalue weighted by Gasteiger charge is -2.34. The Morgan fingerprint density at radius 2 is 2.19 bits per heavy atom. The molecule has 3 aromatic rings. The molecular weight excluding hydrogens is 344 g/mol. The Morgan fingerprint density at radius 3 is 3.07 bits per heavy atom. The van der Waals surface area contributed by atoms with Crippen LogP contribution in [0.15, 0.2) is 42.7 Å². The summed E-state index contributed by atoms with van der Waals surface area (Å²) in [6.07, 6.45) is 5.52. The number of aromatic nitrogens is 4. The molecule has 140 valence electrons. The molecule has 27 heavy (non-hydrogen) atoms. The number of anilines is 1. The molecule has 1 saturated heterocycles. The van der Waals surface area contributed by atoms with Gasteiger partial charge in [-0.3, -0.25) is 4.79 Å². The fourth-order valence-electron chi connectivity index (χ4n) is 3.54.